The summed E-state index contributed by atoms with van der Waals surface area (Å²) < 4.78 is 0. The predicted octanol–water partition coefficient (Wildman–Crippen LogP) is 1.23. The van der Waals surface area contributed by atoms with Gasteiger partial charge in [0.1, 0.15) is 0 Å². The molecule has 0 fully saturated rings. The highest BCUT2D eigenvalue weighted by Crippen LogP contribution is 2.19. The number of amides is 1. The lowest BCUT2D eigenvalue weighted by molar-refractivity contribution is 0.0963. The summed E-state index contributed by atoms with van der Waals surface area (Å²) in [6.07, 6.45) is 1.73. The van der Waals surface area contributed by atoms with E-state index in [2.05, 4.69) is 17.2 Å². The fourth-order valence-corrected chi connectivity index (χ4v) is 1.18. The Morgan fingerprint density at radius 1 is 1.60 bits per heavy atom. The van der Waals surface area contributed by atoms with E-state index in [-0.39, 0.29) is 5.91 Å². The third-order valence-electron chi connectivity index (χ3n) is 1.98. The third kappa shape index (κ3) is 2.74. The number of anilines is 2. The van der Waals surface area contributed by atoms with E-state index in [1.54, 1.807) is 31.3 Å². The zero-order valence-corrected chi connectivity index (χ0v) is 8.71. The molecule has 15 heavy (non-hydrogen) atoms. The van der Waals surface area contributed by atoms with Gasteiger partial charge in [0, 0.05) is 19.2 Å². The molecule has 4 N–H and O–H groups in total. The number of hydrogen-bond acceptors (Lipinski definition) is 3. The summed E-state index contributed by atoms with van der Waals surface area (Å²) in [7, 11) is 1.59. The Bertz CT molecular complexity index is 374. The molecule has 4 nitrogen and oxygen atoms in total. The van der Waals surface area contributed by atoms with Gasteiger partial charge in [-0.25, -0.2) is 0 Å². The SMILES string of the molecule is C=CCNc1cc(C(=O)NC)ccc1N. The van der Waals surface area contributed by atoms with Gasteiger partial charge in [-0.3, -0.25) is 4.79 Å². The van der Waals surface area contributed by atoms with Crippen LogP contribution in [0, 0.1) is 0 Å². The fourth-order valence-electron chi connectivity index (χ4n) is 1.18. The Morgan fingerprint density at radius 2 is 2.33 bits per heavy atom. The van der Waals surface area contributed by atoms with Crippen molar-refractivity contribution in [1.29, 1.82) is 0 Å². The van der Waals surface area contributed by atoms with Crippen molar-refractivity contribution in [2.24, 2.45) is 0 Å². The smallest absolute Gasteiger partial charge is 0.251 e. The van der Waals surface area contributed by atoms with E-state index in [0.717, 1.165) is 5.69 Å². The number of hydrogen-bond donors (Lipinski definition) is 3. The normalized spacial score (nSPS) is 9.40. The molecule has 0 bridgehead atoms. The molecule has 80 valence electrons. The summed E-state index contributed by atoms with van der Waals surface area (Å²) in [5.41, 5.74) is 7.69. The zero-order chi connectivity index (χ0) is 11.3. The second-order valence-electron chi connectivity index (χ2n) is 3.05. The Morgan fingerprint density at radius 3 is 2.93 bits per heavy atom. The van der Waals surface area contributed by atoms with Crippen molar-refractivity contribution in [2.75, 3.05) is 24.6 Å². The third-order valence-corrected chi connectivity index (χ3v) is 1.98. The summed E-state index contributed by atoms with van der Waals surface area (Å²) in [5, 5.41) is 5.62. The fraction of sp³-hybridized carbons (Fsp3) is 0.182. The van der Waals surface area contributed by atoms with Gasteiger partial charge in [0.05, 0.1) is 11.4 Å². The Labute approximate surface area is 89.2 Å². The minimum absolute atomic E-state index is 0.128. The van der Waals surface area contributed by atoms with Gasteiger partial charge in [-0.2, -0.15) is 0 Å². The molecule has 1 aromatic carbocycles. The molecule has 0 aromatic heterocycles. The highest BCUT2D eigenvalue weighted by Gasteiger charge is 2.05. The summed E-state index contributed by atoms with van der Waals surface area (Å²) in [5.74, 6) is -0.128. The van der Waals surface area contributed by atoms with Gasteiger partial charge >= 0.3 is 0 Å². The molecule has 0 spiro atoms. The van der Waals surface area contributed by atoms with Crippen LogP contribution in [-0.2, 0) is 0 Å². The molecule has 0 aliphatic rings. The first-order chi connectivity index (χ1) is 7.19. The predicted molar refractivity (Wildman–Crippen MR) is 62.9 cm³/mol. The molecule has 1 amide bonds. The molecular weight excluding hydrogens is 190 g/mol. The van der Waals surface area contributed by atoms with E-state index < -0.39 is 0 Å². The van der Waals surface area contributed by atoms with Gasteiger partial charge in [0.2, 0.25) is 0 Å². The number of benzene rings is 1. The van der Waals surface area contributed by atoms with Gasteiger partial charge in [-0.15, -0.1) is 6.58 Å². The molecule has 0 aliphatic carbocycles. The van der Waals surface area contributed by atoms with Crippen LogP contribution < -0.4 is 16.4 Å². The minimum atomic E-state index is -0.128. The molecule has 0 saturated carbocycles. The van der Waals surface area contributed by atoms with Crippen LogP contribution in [0.4, 0.5) is 11.4 Å². The van der Waals surface area contributed by atoms with E-state index in [4.69, 9.17) is 5.73 Å². The monoisotopic (exact) mass is 205 g/mol. The van der Waals surface area contributed by atoms with Crippen LogP contribution in [0.15, 0.2) is 30.9 Å². The molecule has 0 atom stereocenters. The van der Waals surface area contributed by atoms with Crippen molar-refractivity contribution in [3.05, 3.63) is 36.4 Å². The molecule has 1 aromatic rings. The average Bonchev–Trinajstić information content (AvgIpc) is 2.27. The maximum Gasteiger partial charge on any atom is 0.251 e. The zero-order valence-electron chi connectivity index (χ0n) is 8.71. The van der Waals surface area contributed by atoms with Gasteiger partial charge < -0.3 is 16.4 Å². The van der Waals surface area contributed by atoms with Crippen molar-refractivity contribution >= 4 is 17.3 Å². The van der Waals surface area contributed by atoms with E-state index in [0.29, 0.717) is 17.8 Å². The highest BCUT2D eigenvalue weighted by atomic mass is 16.1. The topological polar surface area (TPSA) is 67.2 Å². The van der Waals surface area contributed by atoms with Crippen LogP contribution in [-0.4, -0.2) is 19.5 Å². The Balaban J connectivity index is 2.94. The standard InChI is InChI=1S/C11H15N3O/c1-3-6-14-10-7-8(11(15)13-2)4-5-9(10)12/h3-5,7,14H,1,6,12H2,2H3,(H,13,15). The molecule has 4 heteroatoms. The van der Waals surface area contributed by atoms with Crippen molar-refractivity contribution < 1.29 is 4.79 Å². The lowest BCUT2D eigenvalue weighted by Gasteiger charge is -2.09. The first-order valence-electron chi connectivity index (χ1n) is 4.65. The summed E-state index contributed by atoms with van der Waals surface area (Å²) in [4.78, 5) is 11.4. The first-order valence-corrected chi connectivity index (χ1v) is 4.65. The van der Waals surface area contributed by atoms with Crippen molar-refractivity contribution in [3.63, 3.8) is 0 Å². The van der Waals surface area contributed by atoms with E-state index in [1.165, 1.54) is 0 Å². The lowest BCUT2D eigenvalue weighted by atomic mass is 10.1. The minimum Gasteiger partial charge on any atom is -0.397 e. The van der Waals surface area contributed by atoms with Crippen LogP contribution in [0.2, 0.25) is 0 Å². The second kappa shape index (κ2) is 5.05. The second-order valence-corrected chi connectivity index (χ2v) is 3.05. The van der Waals surface area contributed by atoms with Crippen LogP contribution in [0.25, 0.3) is 0 Å². The summed E-state index contributed by atoms with van der Waals surface area (Å²) in [6.45, 7) is 4.21. The lowest BCUT2D eigenvalue weighted by Crippen LogP contribution is -2.18. The maximum absolute atomic E-state index is 11.4. The molecule has 1 rings (SSSR count). The number of nitrogens with two attached hydrogens (primary N) is 1. The van der Waals surface area contributed by atoms with Crippen LogP contribution in [0.5, 0.6) is 0 Å². The van der Waals surface area contributed by atoms with Gasteiger partial charge in [0.15, 0.2) is 0 Å². The molecular formula is C11H15N3O. The van der Waals surface area contributed by atoms with Crippen molar-refractivity contribution in [3.8, 4) is 0 Å². The number of nitrogen functional groups attached to an aromatic ring is 1. The summed E-state index contributed by atoms with van der Waals surface area (Å²) >= 11 is 0. The largest absolute Gasteiger partial charge is 0.397 e. The van der Waals surface area contributed by atoms with Gasteiger partial charge in [-0.1, -0.05) is 6.08 Å². The quantitative estimate of drug-likeness (QED) is 0.511. The molecule has 0 aliphatic heterocycles. The first kappa shape index (κ1) is 11.1. The van der Waals surface area contributed by atoms with Crippen LogP contribution in [0.3, 0.4) is 0 Å². The maximum atomic E-state index is 11.4. The van der Waals surface area contributed by atoms with Gasteiger partial charge in [-0.05, 0) is 18.2 Å². The number of rotatable bonds is 4. The average molecular weight is 205 g/mol. The molecule has 0 saturated heterocycles. The number of nitrogens with one attached hydrogen (secondary N) is 2. The van der Waals surface area contributed by atoms with Crippen molar-refractivity contribution in [1.82, 2.24) is 5.32 Å². The molecule has 0 heterocycles. The van der Waals surface area contributed by atoms with Crippen molar-refractivity contribution in [2.45, 2.75) is 0 Å². The van der Waals surface area contributed by atoms with E-state index >= 15 is 0 Å². The van der Waals surface area contributed by atoms with Crippen LogP contribution in [0.1, 0.15) is 10.4 Å². The van der Waals surface area contributed by atoms with E-state index in [1.807, 2.05) is 0 Å². The Hall–Kier alpha value is -1.97. The molecule has 0 unspecified atom stereocenters. The number of carbonyl (C=O) groups is 1. The highest BCUT2D eigenvalue weighted by molar-refractivity contribution is 5.96. The van der Waals surface area contributed by atoms with Gasteiger partial charge in [0.25, 0.3) is 5.91 Å². The molecule has 0 radical (unpaired) electrons. The van der Waals surface area contributed by atoms with E-state index in [9.17, 15) is 4.79 Å². The summed E-state index contributed by atoms with van der Waals surface area (Å²) in [6, 6.07) is 5.11. The van der Waals surface area contributed by atoms with Crippen LogP contribution >= 0.6 is 0 Å². The number of carbonyl (C=O) groups excluding carboxylic acids is 1. The Kier molecular flexibility index (Phi) is 3.74.